The van der Waals surface area contributed by atoms with Crippen LogP contribution >= 0.6 is 11.3 Å². The van der Waals surface area contributed by atoms with Crippen molar-refractivity contribution in [2.75, 3.05) is 13.2 Å². The molecule has 1 saturated carbocycles. The summed E-state index contributed by atoms with van der Waals surface area (Å²) in [5, 5.41) is 2.09. The van der Waals surface area contributed by atoms with E-state index in [1.54, 1.807) is 11.3 Å². The van der Waals surface area contributed by atoms with E-state index in [2.05, 4.69) is 22.4 Å². The molecule has 3 nitrogen and oxygen atoms in total. The highest BCUT2D eigenvalue weighted by Crippen LogP contribution is 2.31. The van der Waals surface area contributed by atoms with E-state index in [1.165, 1.54) is 11.3 Å². The predicted molar refractivity (Wildman–Crippen MR) is 76.1 cm³/mol. The van der Waals surface area contributed by atoms with Gasteiger partial charge in [0.2, 0.25) is 5.91 Å². The van der Waals surface area contributed by atoms with Gasteiger partial charge in [-0.2, -0.15) is 0 Å². The fraction of sp³-hybridized carbons (Fsp3) is 0.667. The standard InChI is InChI=1S/C15H21NO2S/c17-15(12-3-1-4-12)16(11-14-5-2-10-19-14)13-6-8-18-9-7-13/h2,5,10,12-13H,1,3-4,6-9,11H2. The fourth-order valence-corrected chi connectivity index (χ4v) is 3.55. The Hall–Kier alpha value is -0.870. The number of amides is 1. The summed E-state index contributed by atoms with van der Waals surface area (Å²) in [6, 6.07) is 4.57. The molecule has 2 fully saturated rings. The second-order valence-electron chi connectivity index (χ2n) is 5.52. The molecule has 1 aromatic rings. The number of hydrogen-bond donors (Lipinski definition) is 0. The van der Waals surface area contributed by atoms with Gasteiger partial charge in [0.1, 0.15) is 0 Å². The van der Waals surface area contributed by atoms with E-state index >= 15 is 0 Å². The van der Waals surface area contributed by atoms with Crippen molar-refractivity contribution in [2.24, 2.45) is 5.92 Å². The molecule has 2 heterocycles. The van der Waals surface area contributed by atoms with Crippen LogP contribution in [0.5, 0.6) is 0 Å². The molecule has 0 aromatic carbocycles. The summed E-state index contributed by atoms with van der Waals surface area (Å²) in [5.41, 5.74) is 0. The van der Waals surface area contributed by atoms with E-state index in [9.17, 15) is 4.79 Å². The van der Waals surface area contributed by atoms with E-state index in [0.717, 1.165) is 45.4 Å². The first-order valence-corrected chi connectivity index (χ1v) is 8.13. The summed E-state index contributed by atoms with van der Waals surface area (Å²) in [4.78, 5) is 16.1. The van der Waals surface area contributed by atoms with E-state index in [-0.39, 0.29) is 0 Å². The van der Waals surface area contributed by atoms with Crippen LogP contribution in [0.1, 0.15) is 37.0 Å². The highest BCUT2D eigenvalue weighted by Gasteiger charge is 2.33. The molecule has 2 aliphatic rings. The average molecular weight is 279 g/mol. The predicted octanol–water partition coefficient (Wildman–Crippen LogP) is 3.06. The molecule has 0 unspecified atom stereocenters. The van der Waals surface area contributed by atoms with Gasteiger partial charge < -0.3 is 9.64 Å². The number of carbonyl (C=O) groups excluding carboxylic acids is 1. The Balaban J connectivity index is 1.71. The van der Waals surface area contributed by atoms with Gasteiger partial charge in [-0.05, 0) is 37.1 Å². The Kier molecular flexibility index (Phi) is 4.18. The number of thiophene rings is 1. The van der Waals surface area contributed by atoms with Gasteiger partial charge in [-0.1, -0.05) is 12.5 Å². The van der Waals surface area contributed by atoms with Crippen molar-refractivity contribution in [3.63, 3.8) is 0 Å². The normalized spacial score (nSPS) is 21.1. The van der Waals surface area contributed by atoms with Gasteiger partial charge in [0.15, 0.2) is 0 Å². The molecule has 104 valence electrons. The van der Waals surface area contributed by atoms with Crippen molar-refractivity contribution < 1.29 is 9.53 Å². The second-order valence-corrected chi connectivity index (χ2v) is 6.55. The summed E-state index contributed by atoms with van der Waals surface area (Å²) in [5.74, 6) is 0.675. The molecule has 1 saturated heterocycles. The monoisotopic (exact) mass is 279 g/mol. The molecule has 0 spiro atoms. The molecule has 4 heteroatoms. The number of hydrogen-bond acceptors (Lipinski definition) is 3. The Bertz CT molecular complexity index is 408. The lowest BCUT2D eigenvalue weighted by molar-refractivity contribution is -0.143. The molecule has 0 radical (unpaired) electrons. The van der Waals surface area contributed by atoms with Crippen molar-refractivity contribution in [1.29, 1.82) is 0 Å². The zero-order valence-corrected chi connectivity index (χ0v) is 12.0. The molecule has 0 N–H and O–H groups in total. The number of nitrogens with zero attached hydrogens (tertiary/aromatic N) is 1. The van der Waals surface area contributed by atoms with Gasteiger partial charge in [-0.15, -0.1) is 11.3 Å². The summed E-state index contributed by atoms with van der Waals surface area (Å²) in [6.45, 7) is 2.38. The summed E-state index contributed by atoms with van der Waals surface area (Å²) >= 11 is 1.74. The van der Waals surface area contributed by atoms with Crippen LogP contribution < -0.4 is 0 Å². The van der Waals surface area contributed by atoms with Crippen LogP contribution in [0.3, 0.4) is 0 Å². The molecule has 1 amide bonds. The highest BCUT2D eigenvalue weighted by molar-refractivity contribution is 7.09. The zero-order chi connectivity index (χ0) is 13.1. The largest absolute Gasteiger partial charge is 0.381 e. The lowest BCUT2D eigenvalue weighted by Gasteiger charge is -2.38. The summed E-state index contributed by atoms with van der Waals surface area (Å²) < 4.78 is 5.43. The molecule has 0 bridgehead atoms. The number of ether oxygens (including phenoxy) is 1. The minimum Gasteiger partial charge on any atom is -0.381 e. The fourth-order valence-electron chi connectivity index (χ4n) is 2.84. The Labute approximate surface area is 118 Å². The van der Waals surface area contributed by atoms with Crippen LogP contribution in [0.25, 0.3) is 0 Å². The van der Waals surface area contributed by atoms with Gasteiger partial charge in [0.05, 0.1) is 6.54 Å². The smallest absolute Gasteiger partial charge is 0.226 e. The molecule has 1 aliphatic carbocycles. The first-order chi connectivity index (χ1) is 9.34. The maximum absolute atomic E-state index is 12.6. The third kappa shape index (κ3) is 3.00. The van der Waals surface area contributed by atoms with Crippen LogP contribution in [-0.2, 0) is 16.1 Å². The molecule has 0 atom stereocenters. The van der Waals surface area contributed by atoms with Gasteiger partial charge in [-0.25, -0.2) is 0 Å². The number of carbonyl (C=O) groups is 1. The zero-order valence-electron chi connectivity index (χ0n) is 11.2. The average Bonchev–Trinajstić information content (AvgIpc) is 2.87. The van der Waals surface area contributed by atoms with Crippen LogP contribution in [0, 0.1) is 5.92 Å². The second kappa shape index (κ2) is 6.06. The third-order valence-electron chi connectivity index (χ3n) is 4.28. The summed E-state index contributed by atoms with van der Waals surface area (Å²) in [7, 11) is 0. The van der Waals surface area contributed by atoms with Crippen LogP contribution in [-0.4, -0.2) is 30.1 Å². The summed E-state index contributed by atoms with van der Waals surface area (Å²) in [6.07, 6.45) is 5.37. The Morgan fingerprint density at radius 2 is 2.11 bits per heavy atom. The van der Waals surface area contributed by atoms with Crippen LogP contribution in [0.4, 0.5) is 0 Å². The topological polar surface area (TPSA) is 29.5 Å². The van der Waals surface area contributed by atoms with Crippen molar-refractivity contribution in [3.8, 4) is 0 Å². The Morgan fingerprint density at radius 1 is 1.32 bits per heavy atom. The van der Waals surface area contributed by atoms with Crippen molar-refractivity contribution in [1.82, 2.24) is 4.90 Å². The van der Waals surface area contributed by atoms with E-state index in [4.69, 9.17) is 4.74 Å². The molecular formula is C15H21NO2S. The molecule has 1 aliphatic heterocycles. The van der Waals surface area contributed by atoms with Crippen molar-refractivity contribution in [2.45, 2.75) is 44.7 Å². The molecule has 19 heavy (non-hydrogen) atoms. The molecule has 1 aromatic heterocycles. The van der Waals surface area contributed by atoms with E-state index in [0.29, 0.717) is 17.9 Å². The SMILES string of the molecule is O=C(C1CCC1)N(Cc1cccs1)C1CCOCC1. The minimum absolute atomic E-state index is 0.294. The Morgan fingerprint density at radius 3 is 2.68 bits per heavy atom. The maximum Gasteiger partial charge on any atom is 0.226 e. The van der Waals surface area contributed by atoms with E-state index < -0.39 is 0 Å². The molecule has 3 rings (SSSR count). The van der Waals surface area contributed by atoms with Gasteiger partial charge >= 0.3 is 0 Å². The minimum atomic E-state index is 0.294. The van der Waals surface area contributed by atoms with Gasteiger partial charge in [0.25, 0.3) is 0 Å². The lowest BCUT2D eigenvalue weighted by Crippen LogP contribution is -2.46. The van der Waals surface area contributed by atoms with Gasteiger partial charge in [0, 0.05) is 30.1 Å². The van der Waals surface area contributed by atoms with Crippen LogP contribution in [0.2, 0.25) is 0 Å². The highest BCUT2D eigenvalue weighted by atomic mass is 32.1. The number of rotatable bonds is 4. The van der Waals surface area contributed by atoms with E-state index in [1.807, 2.05) is 0 Å². The first-order valence-electron chi connectivity index (χ1n) is 7.25. The maximum atomic E-state index is 12.6. The van der Waals surface area contributed by atoms with Crippen molar-refractivity contribution >= 4 is 17.2 Å². The lowest BCUT2D eigenvalue weighted by atomic mass is 9.83. The third-order valence-corrected chi connectivity index (χ3v) is 5.14. The van der Waals surface area contributed by atoms with Gasteiger partial charge in [-0.3, -0.25) is 4.79 Å². The first kappa shape index (κ1) is 13.1. The van der Waals surface area contributed by atoms with Crippen molar-refractivity contribution in [3.05, 3.63) is 22.4 Å². The quantitative estimate of drug-likeness (QED) is 0.848. The molecular weight excluding hydrogens is 258 g/mol. The van der Waals surface area contributed by atoms with Crippen LogP contribution in [0.15, 0.2) is 17.5 Å².